The first-order chi connectivity index (χ1) is 11.0. The van der Waals surface area contributed by atoms with Crippen molar-refractivity contribution in [1.29, 1.82) is 0 Å². The molecule has 2 aliphatic heterocycles. The molecule has 0 aliphatic carbocycles. The lowest BCUT2D eigenvalue weighted by atomic mass is 9.77. The number of aliphatic carboxylic acids is 1. The number of aliphatic hydroxyl groups is 1. The molecule has 136 valence electrons. The number of carbonyl (C=O) groups excluding carboxylic acids is 2. The van der Waals surface area contributed by atoms with E-state index in [-0.39, 0.29) is 6.54 Å². The molecule has 2 rings (SSSR count). The smallest absolute Gasteiger partial charge is 0.411 e. The summed E-state index contributed by atoms with van der Waals surface area (Å²) >= 11 is 0. The van der Waals surface area contributed by atoms with E-state index >= 15 is 0 Å². The second-order valence-electron chi connectivity index (χ2n) is 7.58. The van der Waals surface area contributed by atoms with Gasteiger partial charge < -0.3 is 19.8 Å². The fourth-order valence-electron chi connectivity index (χ4n) is 3.43. The molecule has 8 nitrogen and oxygen atoms in total. The van der Waals surface area contributed by atoms with Crippen molar-refractivity contribution in [3.05, 3.63) is 0 Å². The molecule has 24 heavy (non-hydrogen) atoms. The number of amides is 2. The third-order valence-corrected chi connectivity index (χ3v) is 4.49. The van der Waals surface area contributed by atoms with Crippen LogP contribution in [0.25, 0.3) is 0 Å². The van der Waals surface area contributed by atoms with Gasteiger partial charge in [-0.1, -0.05) is 0 Å². The molecule has 2 saturated heterocycles. The first kappa shape index (κ1) is 18.5. The van der Waals surface area contributed by atoms with Crippen LogP contribution in [0.2, 0.25) is 0 Å². The van der Waals surface area contributed by atoms with E-state index in [1.165, 1.54) is 11.8 Å². The molecule has 1 spiro atoms. The predicted molar refractivity (Wildman–Crippen MR) is 84.3 cm³/mol. The van der Waals surface area contributed by atoms with Gasteiger partial charge in [0.15, 0.2) is 6.04 Å². The number of carboxylic acids is 1. The van der Waals surface area contributed by atoms with Crippen LogP contribution in [0.4, 0.5) is 4.79 Å². The zero-order valence-electron chi connectivity index (χ0n) is 14.6. The fraction of sp³-hybridized carbons (Fsp3) is 0.812. The highest BCUT2D eigenvalue weighted by Crippen LogP contribution is 2.40. The van der Waals surface area contributed by atoms with Crippen LogP contribution in [-0.4, -0.2) is 74.4 Å². The Labute approximate surface area is 141 Å². The highest BCUT2D eigenvalue weighted by Gasteiger charge is 2.61. The molecule has 0 saturated carbocycles. The minimum Gasteiger partial charge on any atom is -0.480 e. The number of nitrogens with zero attached hydrogens (tertiary/aromatic N) is 2. The molecule has 2 heterocycles. The second-order valence-corrected chi connectivity index (χ2v) is 7.58. The van der Waals surface area contributed by atoms with E-state index in [9.17, 15) is 24.6 Å². The van der Waals surface area contributed by atoms with Gasteiger partial charge in [0, 0.05) is 6.54 Å². The predicted octanol–water partition coefficient (Wildman–Crippen LogP) is 0.822. The van der Waals surface area contributed by atoms with Crippen molar-refractivity contribution in [2.75, 3.05) is 13.1 Å². The summed E-state index contributed by atoms with van der Waals surface area (Å²) in [7, 11) is 0. The van der Waals surface area contributed by atoms with Gasteiger partial charge in [-0.15, -0.1) is 0 Å². The standard InChI is InChI=1S/C16H26N2O6/c1-10(19)11(12(20)21)17-9-16(13(17)22)7-5-6-8-18(16)14(23)24-15(2,3)4/h10-11,19H,5-9H2,1-4H3,(H,20,21)/t10-,11+,16?/m1/s1. The van der Waals surface area contributed by atoms with Gasteiger partial charge in [0.25, 0.3) is 5.91 Å². The normalized spacial score (nSPS) is 26.8. The van der Waals surface area contributed by atoms with Crippen molar-refractivity contribution in [1.82, 2.24) is 9.80 Å². The number of piperidine rings is 1. The number of hydrogen-bond acceptors (Lipinski definition) is 5. The van der Waals surface area contributed by atoms with E-state index in [0.29, 0.717) is 13.0 Å². The summed E-state index contributed by atoms with van der Waals surface area (Å²) in [5, 5.41) is 18.9. The van der Waals surface area contributed by atoms with Gasteiger partial charge in [-0.05, 0) is 47.0 Å². The molecule has 2 aliphatic rings. The number of carboxylic acid groups (broad SMARTS) is 1. The third-order valence-electron chi connectivity index (χ3n) is 4.49. The SMILES string of the molecule is C[C@@H](O)[C@@H](C(=O)O)N1CC2(CCCCN2C(=O)OC(C)(C)C)C1=O. The van der Waals surface area contributed by atoms with Crippen molar-refractivity contribution in [3.63, 3.8) is 0 Å². The van der Waals surface area contributed by atoms with Crippen molar-refractivity contribution < 1.29 is 29.3 Å². The first-order valence-corrected chi connectivity index (χ1v) is 8.22. The van der Waals surface area contributed by atoms with E-state index in [0.717, 1.165) is 17.7 Å². The number of likely N-dealkylation sites (tertiary alicyclic amines) is 2. The quantitative estimate of drug-likeness (QED) is 0.735. The van der Waals surface area contributed by atoms with Gasteiger partial charge in [-0.2, -0.15) is 0 Å². The Morgan fingerprint density at radius 3 is 2.38 bits per heavy atom. The highest BCUT2D eigenvalue weighted by atomic mass is 16.6. The Kier molecular flexibility index (Phi) is 4.81. The molecule has 0 aromatic heterocycles. The molecule has 2 amide bonds. The van der Waals surface area contributed by atoms with Crippen LogP contribution in [0.5, 0.6) is 0 Å². The molecule has 2 fully saturated rings. The summed E-state index contributed by atoms with van der Waals surface area (Å²) in [6.45, 7) is 7.11. The van der Waals surface area contributed by atoms with Crippen LogP contribution >= 0.6 is 0 Å². The molecular formula is C16H26N2O6. The summed E-state index contributed by atoms with van der Waals surface area (Å²) in [4.78, 5) is 39.2. The number of carbonyl (C=O) groups is 3. The van der Waals surface area contributed by atoms with Crippen LogP contribution < -0.4 is 0 Å². The molecule has 0 radical (unpaired) electrons. The Morgan fingerprint density at radius 1 is 1.29 bits per heavy atom. The summed E-state index contributed by atoms with van der Waals surface area (Å²) in [6.07, 6.45) is 0.285. The van der Waals surface area contributed by atoms with Gasteiger partial charge >= 0.3 is 12.1 Å². The van der Waals surface area contributed by atoms with E-state index in [1.54, 1.807) is 20.8 Å². The van der Waals surface area contributed by atoms with Crippen LogP contribution in [-0.2, 0) is 14.3 Å². The Balaban J connectivity index is 2.20. The molecule has 2 N–H and O–H groups in total. The van der Waals surface area contributed by atoms with Gasteiger partial charge in [0.05, 0.1) is 12.6 Å². The second kappa shape index (κ2) is 6.23. The minimum absolute atomic E-state index is 0.104. The van der Waals surface area contributed by atoms with E-state index in [1.807, 2.05) is 0 Å². The van der Waals surface area contributed by atoms with E-state index < -0.39 is 41.3 Å². The maximum Gasteiger partial charge on any atom is 0.411 e. The van der Waals surface area contributed by atoms with Gasteiger partial charge in [-0.3, -0.25) is 9.69 Å². The number of hydrogen-bond donors (Lipinski definition) is 2. The van der Waals surface area contributed by atoms with Gasteiger partial charge in [0.1, 0.15) is 11.1 Å². The maximum absolute atomic E-state index is 12.8. The van der Waals surface area contributed by atoms with Crippen LogP contribution in [0, 0.1) is 0 Å². The summed E-state index contributed by atoms with van der Waals surface area (Å²) < 4.78 is 5.40. The molecular weight excluding hydrogens is 316 g/mol. The summed E-state index contributed by atoms with van der Waals surface area (Å²) in [6, 6.07) is -1.30. The fourth-order valence-corrected chi connectivity index (χ4v) is 3.43. The summed E-state index contributed by atoms with van der Waals surface area (Å²) in [5.41, 5.74) is -1.71. The average molecular weight is 342 g/mol. The zero-order chi connectivity index (χ0) is 18.3. The average Bonchev–Trinajstić information content (AvgIpc) is 2.44. The molecule has 0 aromatic carbocycles. The lowest BCUT2D eigenvalue weighted by Gasteiger charge is -2.57. The van der Waals surface area contributed by atoms with E-state index in [4.69, 9.17) is 4.74 Å². The van der Waals surface area contributed by atoms with Crippen molar-refractivity contribution in [2.45, 2.75) is 70.2 Å². The third kappa shape index (κ3) is 3.19. The monoisotopic (exact) mass is 342 g/mol. The van der Waals surface area contributed by atoms with E-state index in [2.05, 4.69) is 0 Å². The van der Waals surface area contributed by atoms with Crippen molar-refractivity contribution >= 4 is 18.0 Å². The Morgan fingerprint density at radius 2 is 1.92 bits per heavy atom. The lowest BCUT2D eigenvalue weighted by Crippen LogP contribution is -2.79. The van der Waals surface area contributed by atoms with Crippen molar-refractivity contribution in [2.24, 2.45) is 0 Å². The highest BCUT2D eigenvalue weighted by molar-refractivity contribution is 5.98. The van der Waals surface area contributed by atoms with Crippen LogP contribution in [0.1, 0.15) is 47.0 Å². The topological polar surface area (TPSA) is 107 Å². The molecule has 3 atom stereocenters. The maximum atomic E-state index is 12.8. The number of ether oxygens (including phenoxy) is 1. The Hall–Kier alpha value is -1.83. The molecule has 1 unspecified atom stereocenters. The number of β-lactam (4-membered cyclic amide) rings is 1. The Bertz CT molecular complexity index is 541. The zero-order valence-corrected chi connectivity index (χ0v) is 14.6. The molecule has 8 heteroatoms. The first-order valence-electron chi connectivity index (χ1n) is 8.22. The van der Waals surface area contributed by atoms with Crippen molar-refractivity contribution in [3.8, 4) is 0 Å². The lowest BCUT2D eigenvalue weighted by molar-refractivity contribution is -0.182. The summed E-state index contributed by atoms with van der Waals surface area (Å²) in [5.74, 6) is -1.69. The molecule has 0 bridgehead atoms. The van der Waals surface area contributed by atoms with Gasteiger partial charge in [0.2, 0.25) is 0 Å². The van der Waals surface area contributed by atoms with Gasteiger partial charge in [-0.25, -0.2) is 9.59 Å². The largest absolute Gasteiger partial charge is 0.480 e. The number of aliphatic hydroxyl groups excluding tert-OH is 1. The minimum atomic E-state index is -1.30. The van der Waals surface area contributed by atoms with Crippen LogP contribution in [0.15, 0.2) is 0 Å². The molecule has 0 aromatic rings. The van der Waals surface area contributed by atoms with Crippen LogP contribution in [0.3, 0.4) is 0 Å². The number of rotatable bonds is 3.